The lowest BCUT2D eigenvalue weighted by Crippen LogP contribution is -1.87. The van der Waals surface area contributed by atoms with E-state index in [2.05, 4.69) is 27.8 Å². The van der Waals surface area contributed by atoms with E-state index in [1.807, 2.05) is 30.3 Å². The van der Waals surface area contributed by atoms with E-state index in [9.17, 15) is 0 Å². The molecule has 0 atom stereocenters. The number of unbranched alkanes of at least 4 members (excludes halogenated alkanes) is 4. The lowest BCUT2D eigenvalue weighted by atomic mass is 10.1. The summed E-state index contributed by atoms with van der Waals surface area (Å²) < 4.78 is 1.06. The number of aliphatic imine (C=N–C) groups is 1. The van der Waals surface area contributed by atoms with E-state index in [0.29, 0.717) is 0 Å². The molecule has 0 aliphatic rings. The van der Waals surface area contributed by atoms with Crippen LogP contribution in [0.25, 0.3) is 0 Å². The molecule has 1 rings (SSSR count). The SMILES string of the molecule is CCCCCCCC(Br)=Nc1ccccc1. The summed E-state index contributed by atoms with van der Waals surface area (Å²) in [5.41, 5.74) is 1.03. The van der Waals surface area contributed by atoms with Crippen molar-refractivity contribution in [3.05, 3.63) is 30.3 Å². The zero-order valence-corrected chi connectivity index (χ0v) is 11.5. The summed E-state index contributed by atoms with van der Waals surface area (Å²) in [6.45, 7) is 2.24. The minimum absolute atomic E-state index is 1.03. The van der Waals surface area contributed by atoms with Gasteiger partial charge in [-0.15, -0.1) is 0 Å². The Bertz CT molecular complexity index is 306. The van der Waals surface area contributed by atoms with Crippen molar-refractivity contribution in [1.82, 2.24) is 0 Å². The van der Waals surface area contributed by atoms with Gasteiger partial charge in [-0.3, -0.25) is 0 Å². The molecule has 0 N–H and O–H groups in total. The largest absolute Gasteiger partial charge is 0.246 e. The second kappa shape index (κ2) is 8.51. The quantitative estimate of drug-likeness (QED) is 0.464. The first-order valence-electron chi connectivity index (χ1n) is 6.11. The van der Waals surface area contributed by atoms with Crippen molar-refractivity contribution < 1.29 is 0 Å². The first-order valence-corrected chi connectivity index (χ1v) is 6.90. The molecule has 1 aromatic rings. The Labute approximate surface area is 107 Å². The molecule has 0 heterocycles. The van der Waals surface area contributed by atoms with E-state index in [0.717, 1.165) is 16.7 Å². The highest BCUT2D eigenvalue weighted by Crippen LogP contribution is 2.15. The summed E-state index contributed by atoms with van der Waals surface area (Å²) in [5, 5.41) is 0. The van der Waals surface area contributed by atoms with E-state index in [-0.39, 0.29) is 0 Å². The highest BCUT2D eigenvalue weighted by atomic mass is 79.9. The van der Waals surface area contributed by atoms with Crippen LogP contribution in [0.5, 0.6) is 0 Å². The summed E-state index contributed by atoms with van der Waals surface area (Å²) >= 11 is 3.53. The molecule has 0 saturated carbocycles. The van der Waals surface area contributed by atoms with Crippen molar-refractivity contribution in [3.63, 3.8) is 0 Å². The fraction of sp³-hybridized carbons (Fsp3) is 0.500. The topological polar surface area (TPSA) is 12.4 Å². The third-order valence-electron chi connectivity index (χ3n) is 2.49. The molecule has 0 aromatic heterocycles. The first-order chi connectivity index (χ1) is 7.83. The van der Waals surface area contributed by atoms with Gasteiger partial charge in [0.15, 0.2) is 0 Å². The van der Waals surface area contributed by atoms with E-state index in [4.69, 9.17) is 0 Å². The predicted molar refractivity (Wildman–Crippen MR) is 75.8 cm³/mol. The Hall–Kier alpha value is -0.630. The van der Waals surface area contributed by atoms with Gasteiger partial charge >= 0.3 is 0 Å². The van der Waals surface area contributed by atoms with Crippen LogP contribution in [0.3, 0.4) is 0 Å². The molecule has 0 unspecified atom stereocenters. The highest BCUT2D eigenvalue weighted by molar-refractivity contribution is 9.18. The van der Waals surface area contributed by atoms with Crippen molar-refractivity contribution >= 4 is 26.2 Å². The van der Waals surface area contributed by atoms with Crippen molar-refractivity contribution in [1.29, 1.82) is 0 Å². The third kappa shape index (κ3) is 6.06. The van der Waals surface area contributed by atoms with E-state index in [1.165, 1.54) is 32.1 Å². The second-order valence-corrected chi connectivity index (χ2v) is 4.90. The van der Waals surface area contributed by atoms with Gasteiger partial charge in [-0.05, 0) is 40.9 Å². The second-order valence-electron chi connectivity index (χ2n) is 3.99. The summed E-state index contributed by atoms with van der Waals surface area (Å²) in [6.07, 6.45) is 7.61. The maximum atomic E-state index is 4.51. The van der Waals surface area contributed by atoms with Crippen molar-refractivity contribution in [2.24, 2.45) is 4.99 Å². The molecular weight excluding hydrogens is 262 g/mol. The Morgan fingerprint density at radius 3 is 2.44 bits per heavy atom. The van der Waals surface area contributed by atoms with Crippen LogP contribution in [-0.4, -0.2) is 4.62 Å². The molecule has 0 saturated heterocycles. The number of para-hydroxylation sites is 1. The lowest BCUT2D eigenvalue weighted by molar-refractivity contribution is 0.645. The van der Waals surface area contributed by atoms with Gasteiger partial charge in [-0.25, -0.2) is 4.99 Å². The van der Waals surface area contributed by atoms with Gasteiger partial charge < -0.3 is 0 Å². The third-order valence-corrected chi connectivity index (χ3v) is 3.07. The number of hydrogen-bond acceptors (Lipinski definition) is 1. The van der Waals surface area contributed by atoms with Gasteiger partial charge in [0.05, 0.1) is 10.3 Å². The standard InChI is InChI=1S/C14H20BrN/c1-2-3-4-5-9-12-14(15)16-13-10-7-6-8-11-13/h6-8,10-11H,2-5,9,12H2,1H3. The number of nitrogens with zero attached hydrogens (tertiary/aromatic N) is 1. The van der Waals surface area contributed by atoms with Gasteiger partial charge in [-0.1, -0.05) is 50.8 Å². The average molecular weight is 282 g/mol. The Kier molecular flexibility index (Phi) is 7.15. The van der Waals surface area contributed by atoms with Crippen LogP contribution in [0.4, 0.5) is 5.69 Å². The number of rotatable bonds is 7. The van der Waals surface area contributed by atoms with Crippen molar-refractivity contribution in [2.45, 2.75) is 45.4 Å². The first kappa shape index (κ1) is 13.4. The van der Waals surface area contributed by atoms with Crippen LogP contribution in [0.2, 0.25) is 0 Å². The minimum atomic E-state index is 1.03. The molecule has 1 aromatic carbocycles. The fourth-order valence-corrected chi connectivity index (χ4v) is 2.06. The van der Waals surface area contributed by atoms with Crippen LogP contribution in [-0.2, 0) is 0 Å². The monoisotopic (exact) mass is 281 g/mol. The van der Waals surface area contributed by atoms with Crippen molar-refractivity contribution in [2.75, 3.05) is 0 Å². The van der Waals surface area contributed by atoms with Crippen LogP contribution in [0.1, 0.15) is 45.4 Å². The molecular formula is C14H20BrN. The molecule has 88 valence electrons. The van der Waals surface area contributed by atoms with Gasteiger partial charge in [0, 0.05) is 0 Å². The van der Waals surface area contributed by atoms with Crippen LogP contribution in [0, 0.1) is 0 Å². The lowest BCUT2D eigenvalue weighted by Gasteiger charge is -2.00. The molecule has 0 radical (unpaired) electrons. The van der Waals surface area contributed by atoms with Crippen LogP contribution in [0.15, 0.2) is 35.3 Å². The smallest absolute Gasteiger partial charge is 0.0836 e. The molecule has 0 aliphatic carbocycles. The zero-order chi connectivity index (χ0) is 11.6. The molecule has 2 heteroatoms. The predicted octanol–water partition coefficient (Wildman–Crippen LogP) is 5.47. The summed E-state index contributed by atoms with van der Waals surface area (Å²) in [5.74, 6) is 0. The molecule has 0 spiro atoms. The molecule has 0 bridgehead atoms. The van der Waals surface area contributed by atoms with E-state index < -0.39 is 0 Å². The Morgan fingerprint density at radius 1 is 1.06 bits per heavy atom. The van der Waals surface area contributed by atoms with E-state index in [1.54, 1.807) is 0 Å². The number of halogens is 1. The summed E-state index contributed by atoms with van der Waals surface area (Å²) in [6, 6.07) is 10.1. The molecule has 0 amide bonds. The molecule has 0 aliphatic heterocycles. The number of hydrogen-bond donors (Lipinski definition) is 0. The van der Waals surface area contributed by atoms with Crippen molar-refractivity contribution in [3.8, 4) is 0 Å². The maximum absolute atomic E-state index is 4.51. The maximum Gasteiger partial charge on any atom is 0.0836 e. The van der Waals surface area contributed by atoms with Gasteiger partial charge in [0.25, 0.3) is 0 Å². The zero-order valence-electron chi connectivity index (χ0n) is 9.95. The molecule has 16 heavy (non-hydrogen) atoms. The van der Waals surface area contributed by atoms with Crippen LogP contribution < -0.4 is 0 Å². The van der Waals surface area contributed by atoms with Crippen LogP contribution >= 0.6 is 15.9 Å². The summed E-state index contributed by atoms with van der Waals surface area (Å²) in [4.78, 5) is 4.51. The Balaban J connectivity index is 2.24. The number of benzene rings is 1. The molecule has 1 nitrogen and oxygen atoms in total. The fourth-order valence-electron chi connectivity index (χ4n) is 1.57. The minimum Gasteiger partial charge on any atom is -0.246 e. The van der Waals surface area contributed by atoms with Gasteiger partial charge in [0.2, 0.25) is 0 Å². The Morgan fingerprint density at radius 2 is 1.75 bits per heavy atom. The average Bonchev–Trinajstić information content (AvgIpc) is 2.30. The van der Waals surface area contributed by atoms with Gasteiger partial charge in [0.1, 0.15) is 0 Å². The normalized spacial score (nSPS) is 11.8. The molecule has 0 fully saturated rings. The summed E-state index contributed by atoms with van der Waals surface area (Å²) in [7, 11) is 0. The van der Waals surface area contributed by atoms with E-state index >= 15 is 0 Å². The highest BCUT2D eigenvalue weighted by Gasteiger charge is 1.95. The van der Waals surface area contributed by atoms with Gasteiger partial charge in [-0.2, -0.15) is 0 Å².